The summed E-state index contributed by atoms with van der Waals surface area (Å²) in [5.74, 6) is -0.600. The minimum absolute atomic E-state index is 0.0744. The number of rotatable bonds is 3. The monoisotopic (exact) mass is 284 g/mol. The molecule has 1 saturated heterocycles. The molecule has 2 rings (SSSR count). The normalized spacial score (nSPS) is 21.5. The molecule has 2 heterocycles. The zero-order valence-electron chi connectivity index (χ0n) is 11.0. The van der Waals surface area contributed by atoms with Crippen LogP contribution in [-0.4, -0.2) is 70.6 Å². The van der Waals surface area contributed by atoms with Crippen LogP contribution in [0.25, 0.3) is 0 Å². The van der Waals surface area contributed by atoms with Crippen LogP contribution in [0.2, 0.25) is 5.02 Å². The van der Waals surface area contributed by atoms with E-state index < -0.39 is 5.97 Å². The van der Waals surface area contributed by atoms with Gasteiger partial charge in [0.25, 0.3) is 0 Å². The quantitative estimate of drug-likeness (QED) is 0.877. The van der Waals surface area contributed by atoms with E-state index in [9.17, 15) is 4.79 Å². The Morgan fingerprint density at radius 2 is 2.26 bits per heavy atom. The molecule has 0 saturated carbocycles. The molecule has 0 bridgehead atoms. The minimum atomic E-state index is -1.12. The van der Waals surface area contributed by atoms with Gasteiger partial charge in [-0.25, -0.2) is 14.8 Å². The molecule has 7 heteroatoms. The minimum Gasteiger partial charge on any atom is -0.476 e. The maximum atomic E-state index is 11.0. The van der Waals surface area contributed by atoms with Crippen molar-refractivity contribution in [2.75, 3.05) is 33.7 Å². The van der Waals surface area contributed by atoms with Gasteiger partial charge in [-0.3, -0.25) is 0 Å². The average Bonchev–Trinajstić information content (AvgIpc) is 2.36. The third-order valence-corrected chi connectivity index (χ3v) is 3.67. The molecule has 0 radical (unpaired) electrons. The standard InChI is InChI=1S/C12H17ClN4O2/c1-16-3-4-17(2)8(7-16)5-10-14-6-9(13)11(15-10)12(18)19/h6,8H,3-5,7H2,1-2H3,(H,18,19). The van der Waals surface area contributed by atoms with Crippen molar-refractivity contribution < 1.29 is 9.90 Å². The number of carboxylic acid groups (broad SMARTS) is 1. The zero-order valence-corrected chi connectivity index (χ0v) is 11.8. The van der Waals surface area contributed by atoms with Crippen LogP contribution in [0, 0.1) is 0 Å². The van der Waals surface area contributed by atoms with E-state index in [0.29, 0.717) is 18.3 Å². The molecule has 1 unspecified atom stereocenters. The first-order valence-electron chi connectivity index (χ1n) is 6.11. The van der Waals surface area contributed by atoms with Crippen molar-refractivity contribution in [1.29, 1.82) is 0 Å². The van der Waals surface area contributed by atoms with E-state index in [2.05, 4.69) is 33.9 Å². The first-order chi connectivity index (χ1) is 8.97. The van der Waals surface area contributed by atoms with E-state index in [1.807, 2.05) is 0 Å². The molecule has 104 valence electrons. The summed E-state index contributed by atoms with van der Waals surface area (Å²) in [6.07, 6.45) is 1.98. The fourth-order valence-corrected chi connectivity index (χ4v) is 2.36. The Kier molecular flexibility index (Phi) is 4.34. The van der Waals surface area contributed by atoms with Crippen LogP contribution in [-0.2, 0) is 6.42 Å². The molecule has 1 aliphatic heterocycles. The summed E-state index contributed by atoms with van der Waals surface area (Å²) in [5, 5.41) is 9.07. The lowest BCUT2D eigenvalue weighted by Gasteiger charge is -2.37. The number of halogens is 1. The van der Waals surface area contributed by atoms with Gasteiger partial charge < -0.3 is 14.9 Å². The second-order valence-electron chi connectivity index (χ2n) is 4.89. The van der Waals surface area contributed by atoms with Crippen molar-refractivity contribution in [3.63, 3.8) is 0 Å². The first kappa shape index (κ1) is 14.2. The summed E-state index contributed by atoms with van der Waals surface area (Å²) in [7, 11) is 4.14. The molecule has 0 aliphatic carbocycles. The van der Waals surface area contributed by atoms with Crippen molar-refractivity contribution in [2.45, 2.75) is 12.5 Å². The molecule has 0 spiro atoms. The predicted octanol–water partition coefficient (Wildman–Crippen LogP) is 0.616. The molecule has 1 aromatic rings. The second kappa shape index (κ2) is 5.81. The van der Waals surface area contributed by atoms with Crippen LogP contribution in [0.15, 0.2) is 6.20 Å². The maximum Gasteiger partial charge on any atom is 0.356 e. The van der Waals surface area contributed by atoms with Gasteiger partial charge in [-0.15, -0.1) is 0 Å². The number of nitrogens with zero attached hydrogens (tertiary/aromatic N) is 4. The van der Waals surface area contributed by atoms with Crippen molar-refractivity contribution in [3.8, 4) is 0 Å². The third kappa shape index (κ3) is 3.40. The summed E-state index contributed by atoms with van der Waals surface area (Å²) in [6.45, 7) is 2.94. The molecule has 1 aromatic heterocycles. The largest absolute Gasteiger partial charge is 0.476 e. The van der Waals surface area contributed by atoms with Crippen molar-refractivity contribution in [1.82, 2.24) is 19.8 Å². The molecule has 0 aromatic carbocycles. The smallest absolute Gasteiger partial charge is 0.356 e. The van der Waals surface area contributed by atoms with Gasteiger partial charge in [0, 0.05) is 32.1 Å². The van der Waals surface area contributed by atoms with Crippen LogP contribution in [0.4, 0.5) is 0 Å². The highest BCUT2D eigenvalue weighted by atomic mass is 35.5. The number of hydrogen-bond acceptors (Lipinski definition) is 5. The molecule has 1 aliphatic rings. The average molecular weight is 285 g/mol. The molecule has 1 atom stereocenters. The Balaban J connectivity index is 2.14. The molecular weight excluding hydrogens is 268 g/mol. The van der Waals surface area contributed by atoms with E-state index in [4.69, 9.17) is 16.7 Å². The highest BCUT2D eigenvalue weighted by Gasteiger charge is 2.24. The van der Waals surface area contributed by atoms with Gasteiger partial charge in [-0.05, 0) is 14.1 Å². The van der Waals surface area contributed by atoms with Crippen LogP contribution in [0.3, 0.4) is 0 Å². The van der Waals surface area contributed by atoms with Gasteiger partial charge in [-0.1, -0.05) is 11.6 Å². The molecule has 1 N–H and O–H groups in total. The van der Waals surface area contributed by atoms with Crippen LogP contribution in [0.1, 0.15) is 16.3 Å². The number of carbonyl (C=O) groups is 1. The van der Waals surface area contributed by atoms with E-state index in [1.54, 1.807) is 0 Å². The Hall–Kier alpha value is -1.24. The lowest BCUT2D eigenvalue weighted by molar-refractivity contribution is 0.0689. The van der Waals surface area contributed by atoms with Crippen LogP contribution in [0.5, 0.6) is 0 Å². The summed E-state index contributed by atoms with van der Waals surface area (Å²) in [5.41, 5.74) is -0.126. The summed E-state index contributed by atoms with van der Waals surface area (Å²) < 4.78 is 0. The third-order valence-electron chi connectivity index (χ3n) is 3.39. The topological polar surface area (TPSA) is 69.6 Å². The lowest BCUT2D eigenvalue weighted by Crippen LogP contribution is -2.51. The number of hydrogen-bond donors (Lipinski definition) is 1. The lowest BCUT2D eigenvalue weighted by atomic mass is 10.1. The molecule has 1 fully saturated rings. The predicted molar refractivity (Wildman–Crippen MR) is 71.6 cm³/mol. The Labute approximate surface area is 117 Å². The van der Waals surface area contributed by atoms with Crippen molar-refractivity contribution >= 4 is 17.6 Å². The summed E-state index contributed by atoms with van der Waals surface area (Å²) >= 11 is 5.76. The SMILES string of the molecule is CN1CCN(C)C(Cc2ncc(Cl)c(C(=O)O)n2)C1. The number of aromatic carboxylic acids is 1. The van der Waals surface area contributed by atoms with Crippen LogP contribution >= 0.6 is 11.6 Å². The maximum absolute atomic E-state index is 11.0. The second-order valence-corrected chi connectivity index (χ2v) is 5.30. The fourth-order valence-electron chi connectivity index (χ4n) is 2.18. The first-order valence-corrected chi connectivity index (χ1v) is 6.48. The number of likely N-dealkylation sites (N-methyl/N-ethyl adjacent to an activating group) is 2. The summed E-state index contributed by atoms with van der Waals surface area (Å²) in [4.78, 5) is 23.6. The van der Waals surface area contributed by atoms with Gasteiger partial charge in [0.2, 0.25) is 0 Å². The van der Waals surface area contributed by atoms with E-state index in [1.165, 1.54) is 6.20 Å². The molecular formula is C12H17ClN4O2. The van der Waals surface area contributed by atoms with Crippen molar-refractivity contribution in [3.05, 3.63) is 22.7 Å². The van der Waals surface area contributed by atoms with E-state index in [0.717, 1.165) is 19.6 Å². The van der Waals surface area contributed by atoms with Gasteiger partial charge >= 0.3 is 5.97 Å². The van der Waals surface area contributed by atoms with Gasteiger partial charge in [0.1, 0.15) is 5.82 Å². The van der Waals surface area contributed by atoms with Crippen molar-refractivity contribution in [2.24, 2.45) is 0 Å². The molecule has 19 heavy (non-hydrogen) atoms. The van der Waals surface area contributed by atoms with E-state index >= 15 is 0 Å². The Morgan fingerprint density at radius 1 is 1.53 bits per heavy atom. The highest BCUT2D eigenvalue weighted by molar-refractivity contribution is 6.33. The zero-order chi connectivity index (χ0) is 14.0. The van der Waals surface area contributed by atoms with Gasteiger partial charge in [0.05, 0.1) is 11.2 Å². The van der Waals surface area contributed by atoms with Crippen LogP contribution < -0.4 is 0 Å². The fraction of sp³-hybridized carbons (Fsp3) is 0.583. The number of aromatic nitrogens is 2. The Bertz CT molecular complexity index is 483. The van der Waals surface area contributed by atoms with Gasteiger partial charge in [0.15, 0.2) is 5.69 Å². The number of piperazine rings is 1. The molecule has 6 nitrogen and oxygen atoms in total. The van der Waals surface area contributed by atoms with Gasteiger partial charge in [-0.2, -0.15) is 0 Å². The highest BCUT2D eigenvalue weighted by Crippen LogP contribution is 2.15. The van der Waals surface area contributed by atoms with E-state index in [-0.39, 0.29) is 10.7 Å². The summed E-state index contributed by atoms with van der Waals surface area (Å²) in [6, 6.07) is 0.293. The Morgan fingerprint density at radius 3 is 2.95 bits per heavy atom. The molecule has 0 amide bonds. The number of carboxylic acids is 1.